The van der Waals surface area contributed by atoms with E-state index in [0.29, 0.717) is 15.5 Å². The summed E-state index contributed by atoms with van der Waals surface area (Å²) in [7, 11) is 0. The Labute approximate surface area is 130 Å². The van der Waals surface area contributed by atoms with Gasteiger partial charge in [-0.2, -0.15) is 5.10 Å². The molecule has 6 nitrogen and oxygen atoms in total. The monoisotopic (exact) mass is 353 g/mol. The fourth-order valence-corrected chi connectivity index (χ4v) is 2.39. The van der Waals surface area contributed by atoms with Gasteiger partial charge in [0.05, 0.1) is 12.0 Å². The number of esters is 1. The van der Waals surface area contributed by atoms with Crippen molar-refractivity contribution >= 4 is 32.8 Å². The molecule has 0 fully saturated rings. The molecule has 2 aromatic heterocycles. The zero-order chi connectivity index (χ0) is 15.6. The lowest BCUT2D eigenvalue weighted by Gasteiger charge is -2.09. The molecule has 0 saturated heterocycles. The third kappa shape index (κ3) is 3.29. The number of nitrogens with zero attached hydrogens (tertiary/aromatic N) is 3. The standard InChI is InChI=1S/C14H16BrN3O3/c1-4-21-11(19)7-18-14(20)9-5-6-10(8(2)3)16-12(9)13(15)17-18/h5-6,8H,4,7H2,1-3H3. The van der Waals surface area contributed by atoms with E-state index in [1.165, 1.54) is 0 Å². The van der Waals surface area contributed by atoms with Crippen LogP contribution in [0.4, 0.5) is 0 Å². The first-order valence-corrected chi connectivity index (χ1v) is 7.46. The van der Waals surface area contributed by atoms with Crippen molar-refractivity contribution in [1.82, 2.24) is 14.8 Å². The van der Waals surface area contributed by atoms with E-state index >= 15 is 0 Å². The summed E-state index contributed by atoms with van der Waals surface area (Å²) in [4.78, 5) is 28.3. The van der Waals surface area contributed by atoms with Crippen molar-refractivity contribution in [1.29, 1.82) is 0 Å². The highest BCUT2D eigenvalue weighted by atomic mass is 79.9. The molecule has 0 aliphatic carbocycles. The zero-order valence-electron chi connectivity index (χ0n) is 12.1. The summed E-state index contributed by atoms with van der Waals surface area (Å²) < 4.78 is 6.35. The van der Waals surface area contributed by atoms with Gasteiger partial charge in [-0.3, -0.25) is 9.59 Å². The number of ether oxygens (including phenoxy) is 1. The molecule has 0 N–H and O–H groups in total. The number of fused-ring (bicyclic) bond motifs is 1. The van der Waals surface area contributed by atoms with E-state index in [2.05, 4.69) is 26.0 Å². The number of pyridine rings is 1. The summed E-state index contributed by atoms with van der Waals surface area (Å²) in [5.41, 5.74) is 1.03. The highest BCUT2D eigenvalue weighted by Crippen LogP contribution is 2.20. The van der Waals surface area contributed by atoms with Gasteiger partial charge < -0.3 is 4.74 Å². The molecule has 112 valence electrons. The SMILES string of the molecule is CCOC(=O)Cn1nc(Br)c2nc(C(C)C)ccc2c1=O. The average molecular weight is 354 g/mol. The van der Waals surface area contributed by atoms with Gasteiger partial charge in [-0.25, -0.2) is 9.67 Å². The van der Waals surface area contributed by atoms with Crippen molar-refractivity contribution in [2.24, 2.45) is 0 Å². The van der Waals surface area contributed by atoms with E-state index in [-0.39, 0.29) is 24.6 Å². The Hall–Kier alpha value is -1.76. The number of aromatic nitrogens is 3. The van der Waals surface area contributed by atoms with Crippen LogP contribution < -0.4 is 5.56 Å². The van der Waals surface area contributed by atoms with Crippen LogP contribution in [0.1, 0.15) is 32.4 Å². The van der Waals surface area contributed by atoms with Gasteiger partial charge in [-0.05, 0) is 40.9 Å². The van der Waals surface area contributed by atoms with Gasteiger partial charge in [-0.1, -0.05) is 13.8 Å². The van der Waals surface area contributed by atoms with Crippen molar-refractivity contribution < 1.29 is 9.53 Å². The highest BCUT2D eigenvalue weighted by Gasteiger charge is 2.14. The molecule has 21 heavy (non-hydrogen) atoms. The summed E-state index contributed by atoms with van der Waals surface area (Å²) in [6.45, 7) is 5.81. The van der Waals surface area contributed by atoms with Crippen LogP contribution in [-0.4, -0.2) is 27.3 Å². The van der Waals surface area contributed by atoms with E-state index in [1.807, 2.05) is 19.9 Å². The Morgan fingerprint density at radius 1 is 1.43 bits per heavy atom. The van der Waals surface area contributed by atoms with Gasteiger partial charge in [0.15, 0.2) is 4.60 Å². The fraction of sp³-hybridized carbons (Fsp3) is 0.429. The predicted molar refractivity (Wildman–Crippen MR) is 82.2 cm³/mol. The van der Waals surface area contributed by atoms with Crippen molar-refractivity contribution in [2.45, 2.75) is 33.2 Å². The normalized spacial score (nSPS) is 11.1. The molecule has 0 bridgehead atoms. The van der Waals surface area contributed by atoms with Crippen molar-refractivity contribution in [3.63, 3.8) is 0 Å². The number of hydrogen-bond donors (Lipinski definition) is 0. The maximum atomic E-state index is 12.3. The Balaban J connectivity index is 2.53. The van der Waals surface area contributed by atoms with Gasteiger partial charge in [0.2, 0.25) is 0 Å². The third-order valence-corrected chi connectivity index (χ3v) is 3.50. The van der Waals surface area contributed by atoms with Gasteiger partial charge in [0.1, 0.15) is 12.1 Å². The molecule has 0 unspecified atom stereocenters. The minimum absolute atomic E-state index is 0.215. The Morgan fingerprint density at radius 3 is 2.76 bits per heavy atom. The van der Waals surface area contributed by atoms with Crippen LogP contribution in [0.3, 0.4) is 0 Å². The molecule has 0 saturated carbocycles. The van der Waals surface area contributed by atoms with E-state index in [4.69, 9.17) is 4.74 Å². The first kappa shape index (κ1) is 15.6. The number of halogens is 1. The lowest BCUT2D eigenvalue weighted by molar-refractivity contribution is -0.144. The molecule has 0 radical (unpaired) electrons. The Kier molecular flexibility index (Phi) is 4.72. The lowest BCUT2D eigenvalue weighted by Crippen LogP contribution is -2.28. The molecule has 7 heteroatoms. The minimum atomic E-state index is -0.495. The highest BCUT2D eigenvalue weighted by molar-refractivity contribution is 9.10. The first-order chi connectivity index (χ1) is 9.93. The molecule has 0 aromatic carbocycles. The topological polar surface area (TPSA) is 74.1 Å². The molecule has 0 spiro atoms. The van der Waals surface area contributed by atoms with Crippen LogP contribution >= 0.6 is 15.9 Å². The molecule has 0 atom stereocenters. The van der Waals surface area contributed by atoms with Crippen LogP contribution in [0.2, 0.25) is 0 Å². The third-order valence-electron chi connectivity index (χ3n) is 2.96. The van der Waals surface area contributed by atoms with E-state index in [9.17, 15) is 9.59 Å². The maximum Gasteiger partial charge on any atom is 0.327 e. The molecule has 0 aliphatic heterocycles. The maximum absolute atomic E-state index is 12.3. The molecular weight excluding hydrogens is 338 g/mol. The Morgan fingerprint density at radius 2 is 2.14 bits per heavy atom. The summed E-state index contributed by atoms with van der Waals surface area (Å²) >= 11 is 3.31. The molecule has 2 rings (SSSR count). The van der Waals surface area contributed by atoms with Crippen LogP contribution in [0, 0.1) is 0 Å². The van der Waals surface area contributed by atoms with E-state index in [0.717, 1.165) is 10.4 Å². The van der Waals surface area contributed by atoms with Crippen LogP contribution in [0.25, 0.3) is 10.9 Å². The lowest BCUT2D eigenvalue weighted by atomic mass is 10.1. The van der Waals surface area contributed by atoms with Crippen LogP contribution in [0.15, 0.2) is 21.5 Å². The first-order valence-electron chi connectivity index (χ1n) is 6.67. The van der Waals surface area contributed by atoms with Crippen molar-refractivity contribution in [3.05, 3.63) is 32.8 Å². The molecule has 0 aliphatic rings. The van der Waals surface area contributed by atoms with Crippen LogP contribution in [-0.2, 0) is 16.1 Å². The van der Waals surface area contributed by atoms with Crippen molar-refractivity contribution in [3.8, 4) is 0 Å². The summed E-state index contributed by atoms with van der Waals surface area (Å²) in [5.74, 6) is -0.242. The quantitative estimate of drug-likeness (QED) is 0.788. The minimum Gasteiger partial charge on any atom is -0.465 e. The number of carbonyl (C=O) groups is 1. The van der Waals surface area contributed by atoms with E-state index < -0.39 is 5.97 Å². The molecule has 2 heterocycles. The van der Waals surface area contributed by atoms with E-state index in [1.54, 1.807) is 13.0 Å². The second kappa shape index (κ2) is 6.34. The zero-order valence-corrected chi connectivity index (χ0v) is 13.7. The van der Waals surface area contributed by atoms with Gasteiger partial charge in [0, 0.05) is 5.69 Å². The largest absolute Gasteiger partial charge is 0.465 e. The second-order valence-electron chi connectivity index (χ2n) is 4.85. The predicted octanol–water partition coefficient (Wildman–Crippen LogP) is 2.24. The number of carbonyl (C=O) groups excluding carboxylic acids is 1. The molecule has 2 aromatic rings. The van der Waals surface area contributed by atoms with Crippen molar-refractivity contribution in [2.75, 3.05) is 6.61 Å². The van der Waals surface area contributed by atoms with Gasteiger partial charge in [0.25, 0.3) is 5.56 Å². The number of hydrogen-bond acceptors (Lipinski definition) is 5. The molecular formula is C14H16BrN3O3. The number of rotatable bonds is 4. The molecule has 0 amide bonds. The second-order valence-corrected chi connectivity index (χ2v) is 5.60. The smallest absolute Gasteiger partial charge is 0.327 e. The Bertz CT molecular complexity index is 740. The fourth-order valence-electron chi connectivity index (χ4n) is 1.90. The van der Waals surface area contributed by atoms with Crippen LogP contribution in [0.5, 0.6) is 0 Å². The summed E-state index contributed by atoms with van der Waals surface area (Å²) in [6, 6.07) is 3.53. The summed E-state index contributed by atoms with van der Waals surface area (Å²) in [6.07, 6.45) is 0. The van der Waals surface area contributed by atoms with Gasteiger partial charge in [-0.15, -0.1) is 0 Å². The summed E-state index contributed by atoms with van der Waals surface area (Å²) in [5, 5.41) is 4.50. The average Bonchev–Trinajstić information content (AvgIpc) is 2.44. The van der Waals surface area contributed by atoms with Gasteiger partial charge >= 0.3 is 5.97 Å².